The monoisotopic (exact) mass is 726 g/mol. The molecular weight excluding hydrogens is 689 g/mol. The van der Waals surface area contributed by atoms with E-state index in [9.17, 15) is 25.9 Å². The predicted molar refractivity (Wildman–Crippen MR) is 197 cm³/mol. The molecule has 0 aliphatic carbocycles. The average Bonchev–Trinajstić information content (AvgIpc) is 3.81. The van der Waals surface area contributed by atoms with Crippen molar-refractivity contribution < 1.29 is 39.7 Å². The summed E-state index contributed by atoms with van der Waals surface area (Å²) in [6.07, 6.45) is 10.6. The van der Waals surface area contributed by atoms with Crippen LogP contribution in [0.15, 0.2) is 132 Å². The molecule has 2 aliphatic heterocycles. The van der Waals surface area contributed by atoms with Crippen molar-refractivity contribution in [2.24, 2.45) is 0 Å². The number of allylic oxidation sites excluding steroid dienone is 4. The summed E-state index contributed by atoms with van der Waals surface area (Å²) in [5.74, 6) is 1.18. The first-order chi connectivity index (χ1) is 24.5. The highest BCUT2D eigenvalue weighted by atomic mass is 32.2. The third kappa shape index (κ3) is 7.19. The van der Waals surface area contributed by atoms with Crippen LogP contribution in [0.2, 0.25) is 0 Å². The second-order valence-electron chi connectivity index (χ2n) is 12.7. The summed E-state index contributed by atoms with van der Waals surface area (Å²) in [5, 5.41) is -1.10. The Morgan fingerprint density at radius 2 is 1.47 bits per heavy atom. The number of hydrogen-bond donors (Lipinski definition) is 2. The number of hydrogen-bond acceptors (Lipinski definition) is 6. The molecule has 0 bridgehead atoms. The molecule has 1 aromatic heterocycles. The lowest BCUT2D eigenvalue weighted by molar-refractivity contribution is -0.678. The highest BCUT2D eigenvalue weighted by Gasteiger charge is 2.59. The van der Waals surface area contributed by atoms with Crippen LogP contribution in [0, 0.1) is 0 Å². The molecule has 4 aromatic carbocycles. The van der Waals surface area contributed by atoms with Gasteiger partial charge in [0.1, 0.15) is 0 Å². The second kappa shape index (κ2) is 14.0. The van der Waals surface area contributed by atoms with Crippen molar-refractivity contribution in [3.05, 3.63) is 133 Å². The Balaban J connectivity index is 1.20. The van der Waals surface area contributed by atoms with E-state index in [0.29, 0.717) is 61.1 Å². The van der Waals surface area contributed by atoms with E-state index in [1.54, 1.807) is 30.4 Å². The van der Waals surface area contributed by atoms with Gasteiger partial charge in [0.05, 0.1) is 18.4 Å². The molecule has 0 radical (unpaired) electrons. The van der Waals surface area contributed by atoms with E-state index >= 15 is 0 Å². The molecular formula is C39H38N2O8S2+2. The van der Waals surface area contributed by atoms with E-state index < -0.39 is 25.6 Å². The zero-order valence-electron chi connectivity index (χ0n) is 27.7. The Bertz CT molecular complexity index is 2390. The number of benzene rings is 4. The summed E-state index contributed by atoms with van der Waals surface area (Å²) in [5.41, 5.74) is 6.17. The highest BCUT2D eigenvalue weighted by molar-refractivity contribution is 7.86. The fraction of sp³-hybridized carbons (Fsp3) is 0.205. The molecule has 10 nitrogen and oxygen atoms in total. The lowest BCUT2D eigenvalue weighted by atomic mass is 10.0. The second-order valence-corrected chi connectivity index (χ2v) is 15.9. The van der Waals surface area contributed by atoms with Crippen molar-refractivity contribution >= 4 is 43.1 Å². The van der Waals surface area contributed by atoms with Gasteiger partial charge in [0.15, 0.2) is 18.0 Å². The number of aromatic nitrogens is 1. The van der Waals surface area contributed by atoms with Crippen LogP contribution in [-0.4, -0.2) is 43.6 Å². The number of unbranched alkanes of at least 4 members (excludes halogenated alkanes) is 1. The number of oxazole rings is 1. The lowest BCUT2D eigenvalue weighted by Gasteiger charge is -2.32. The van der Waals surface area contributed by atoms with Crippen molar-refractivity contribution in [3.63, 3.8) is 0 Å². The maximum Gasteiger partial charge on any atom is 0.374 e. The lowest BCUT2D eigenvalue weighted by Crippen LogP contribution is -2.53. The fourth-order valence-corrected chi connectivity index (χ4v) is 8.96. The third-order valence-electron chi connectivity index (χ3n) is 9.47. The van der Waals surface area contributed by atoms with Crippen molar-refractivity contribution in [3.8, 4) is 28.0 Å². The summed E-state index contributed by atoms with van der Waals surface area (Å²) in [7, 11) is -8.49. The van der Waals surface area contributed by atoms with Gasteiger partial charge in [-0.25, -0.2) is 4.48 Å². The van der Waals surface area contributed by atoms with Crippen LogP contribution in [0.4, 0.5) is 5.69 Å². The highest BCUT2D eigenvalue weighted by Crippen LogP contribution is 2.52. The summed E-state index contributed by atoms with van der Waals surface area (Å²) in [4.78, 5) is 0. The Morgan fingerprint density at radius 1 is 0.784 bits per heavy atom. The summed E-state index contributed by atoms with van der Waals surface area (Å²) >= 11 is 0. The Kier molecular flexibility index (Phi) is 9.53. The van der Waals surface area contributed by atoms with Gasteiger partial charge in [0.2, 0.25) is 11.0 Å². The van der Waals surface area contributed by atoms with Crippen LogP contribution in [0.1, 0.15) is 31.6 Å². The average molecular weight is 727 g/mol. The Labute approximate surface area is 297 Å². The first-order valence-electron chi connectivity index (χ1n) is 16.8. The zero-order valence-corrected chi connectivity index (χ0v) is 29.3. The SMILES string of the molecule is O=S(=O)(O)CCCC[n+]1c(C=CC=CC=C2Oc3ccc(-c4ccccc4)cc3[N+]23CCCC3S(=O)(=O)O)oc2ccc(-c3ccccc3)cc21. The van der Waals surface area contributed by atoms with E-state index in [0.717, 1.165) is 27.8 Å². The molecule has 2 atom stereocenters. The Morgan fingerprint density at radius 3 is 2.16 bits per heavy atom. The largest absolute Gasteiger partial charge is 0.406 e. The summed E-state index contributed by atoms with van der Waals surface area (Å²) in [6.45, 7) is 0.912. The van der Waals surface area contributed by atoms with Gasteiger partial charge in [0, 0.05) is 37.5 Å². The van der Waals surface area contributed by atoms with Gasteiger partial charge in [-0.05, 0) is 40.8 Å². The molecule has 12 heteroatoms. The van der Waals surface area contributed by atoms with Gasteiger partial charge in [-0.15, -0.1) is 0 Å². The molecule has 51 heavy (non-hydrogen) atoms. The normalized spacial score (nSPS) is 19.9. The summed E-state index contributed by atoms with van der Waals surface area (Å²) in [6, 6.07) is 31.5. The predicted octanol–water partition coefficient (Wildman–Crippen LogP) is 7.54. The smallest absolute Gasteiger partial charge is 0.374 e. The van der Waals surface area contributed by atoms with Gasteiger partial charge in [0.25, 0.3) is 15.6 Å². The Hall–Kier alpha value is -4.85. The van der Waals surface area contributed by atoms with E-state index in [2.05, 4.69) is 0 Å². The van der Waals surface area contributed by atoms with Crippen LogP contribution in [-0.2, 0) is 26.8 Å². The minimum atomic E-state index is -4.42. The molecule has 2 unspecified atom stereocenters. The third-order valence-corrected chi connectivity index (χ3v) is 11.6. The van der Waals surface area contributed by atoms with Crippen LogP contribution in [0.25, 0.3) is 39.4 Å². The number of nitrogens with zero attached hydrogens (tertiary/aromatic N) is 2. The van der Waals surface area contributed by atoms with Gasteiger partial charge >= 0.3 is 21.9 Å². The van der Waals surface area contributed by atoms with Gasteiger partial charge < -0.3 is 9.15 Å². The molecule has 7 rings (SSSR count). The van der Waals surface area contributed by atoms with E-state index in [-0.39, 0.29) is 16.7 Å². The molecule has 0 saturated carbocycles. The van der Waals surface area contributed by atoms with E-state index in [1.165, 1.54) is 0 Å². The molecule has 1 saturated heterocycles. The maximum absolute atomic E-state index is 12.8. The number of rotatable bonds is 11. The number of ether oxygens (including phenoxy) is 1. The first-order valence-corrected chi connectivity index (χ1v) is 19.9. The minimum absolute atomic E-state index is 0.125. The van der Waals surface area contributed by atoms with Crippen LogP contribution < -0.4 is 13.8 Å². The number of fused-ring (bicyclic) bond motifs is 3. The molecule has 0 amide bonds. The van der Waals surface area contributed by atoms with Crippen molar-refractivity contribution in [2.75, 3.05) is 12.3 Å². The first kappa shape index (κ1) is 34.6. The van der Waals surface area contributed by atoms with Gasteiger partial charge in [-0.2, -0.15) is 21.4 Å². The van der Waals surface area contributed by atoms with Crippen molar-refractivity contribution in [1.82, 2.24) is 4.48 Å². The van der Waals surface area contributed by atoms with Gasteiger partial charge in [-0.1, -0.05) is 91.0 Å². The molecule has 1 fully saturated rings. The van der Waals surface area contributed by atoms with Crippen molar-refractivity contribution in [2.45, 2.75) is 37.6 Å². The van der Waals surface area contributed by atoms with Crippen LogP contribution in [0.5, 0.6) is 5.75 Å². The zero-order chi connectivity index (χ0) is 35.6. The summed E-state index contributed by atoms with van der Waals surface area (Å²) < 4.78 is 82.1. The van der Waals surface area contributed by atoms with Crippen molar-refractivity contribution in [1.29, 1.82) is 0 Å². The maximum atomic E-state index is 12.8. The van der Waals surface area contributed by atoms with Gasteiger partial charge in [-0.3, -0.25) is 9.11 Å². The molecule has 2 N–H and O–H groups in total. The van der Waals surface area contributed by atoms with E-state index in [1.807, 2.05) is 102 Å². The van der Waals surface area contributed by atoms with Crippen LogP contribution in [0.3, 0.4) is 0 Å². The topological polar surface area (TPSA) is 135 Å². The quantitative estimate of drug-likeness (QED) is 0.0469. The standard InChI is InChI=1S/C39H36N2O8S2/c42-50(43,44)26-11-10-24-40-33-27-31(29-13-4-1-5-14-29)20-22-35(33)48-37(40)17-8-3-9-18-38-41(25-12-19-39(41)51(45,46)47)34-28-32(21-23-36(34)49-38)30-15-6-2-7-16-30/h1-9,13-18,20-23,27-28,39H,10-12,19,24-26H2/p+2. The number of aryl methyl sites for hydroxylation is 1. The molecule has 262 valence electrons. The fourth-order valence-electron chi connectivity index (χ4n) is 7.15. The van der Waals surface area contributed by atoms with E-state index in [4.69, 9.17) is 9.15 Å². The molecule has 2 aliphatic rings. The molecule has 1 spiro atoms. The molecule has 3 heterocycles. The minimum Gasteiger partial charge on any atom is -0.406 e. The molecule has 5 aromatic rings. The number of quaternary nitrogens is 1. The van der Waals surface area contributed by atoms with Crippen LogP contribution >= 0.6 is 0 Å².